The zero-order chi connectivity index (χ0) is 44.9. The third-order valence-corrected chi connectivity index (χ3v) is 9.99. The molecule has 0 saturated carbocycles. The largest absolute Gasteiger partial charge is 0.477 e. The Bertz CT molecular complexity index is 1230. The van der Waals surface area contributed by atoms with Crippen molar-refractivity contribution in [1.29, 1.82) is 0 Å². The molecule has 0 fully saturated rings. The number of hydrogen-bond donors (Lipinski definition) is 1. The average molecular weight is 857 g/mol. The van der Waals surface area contributed by atoms with Gasteiger partial charge in [-0.1, -0.05) is 189 Å². The van der Waals surface area contributed by atoms with Crippen LogP contribution < -0.4 is 0 Å². The van der Waals surface area contributed by atoms with E-state index in [4.69, 9.17) is 18.9 Å². The zero-order valence-corrected chi connectivity index (χ0v) is 39.5. The van der Waals surface area contributed by atoms with Gasteiger partial charge in [0.05, 0.1) is 34.4 Å². The Morgan fingerprint density at radius 2 is 0.934 bits per heavy atom. The second-order valence-electron chi connectivity index (χ2n) is 17.0. The molecule has 0 heterocycles. The standard InChI is InChI=1S/C52H89NO8/c1-6-8-10-12-14-16-18-20-22-24-25-27-29-31-33-35-37-39-41-43-50(55)61-48(47-60-52(51(56)57)58-45-44-53(3,4)5)46-59-49(54)42-40-38-36-34-32-30-28-26-23-21-19-17-15-13-11-9-7-2/h8,10,14,16,20,22,25,27,31,33,37,39,48,52H,6-7,9,11-13,15,17-19,21,23-24,26,28-30,32,34-36,38,40-47H2,1-5H3/p+1/b10-8-,16-14-,22-20-,27-25-,33-31-,39-37-. The van der Waals surface area contributed by atoms with E-state index in [0.29, 0.717) is 17.4 Å². The highest BCUT2D eigenvalue weighted by molar-refractivity contribution is 5.71. The lowest BCUT2D eigenvalue weighted by molar-refractivity contribution is -0.870. The Balaban J connectivity index is 4.51. The van der Waals surface area contributed by atoms with Gasteiger partial charge in [-0.3, -0.25) is 9.59 Å². The van der Waals surface area contributed by atoms with Crippen LogP contribution in [0.4, 0.5) is 0 Å². The molecule has 0 saturated heterocycles. The smallest absolute Gasteiger partial charge is 0.361 e. The van der Waals surface area contributed by atoms with Crippen LogP contribution in [0.5, 0.6) is 0 Å². The molecule has 61 heavy (non-hydrogen) atoms. The Morgan fingerprint density at radius 3 is 1.36 bits per heavy atom. The number of carboxylic acid groups (broad SMARTS) is 1. The molecule has 0 radical (unpaired) electrons. The van der Waals surface area contributed by atoms with Gasteiger partial charge in [0.1, 0.15) is 13.2 Å². The van der Waals surface area contributed by atoms with Gasteiger partial charge in [0.25, 0.3) is 6.29 Å². The fraction of sp³-hybridized carbons (Fsp3) is 0.712. The summed E-state index contributed by atoms with van der Waals surface area (Å²) in [6, 6.07) is 0. The number of quaternary nitrogens is 1. The molecule has 0 rings (SSSR count). The summed E-state index contributed by atoms with van der Waals surface area (Å²) < 4.78 is 22.7. The number of likely N-dealkylation sites (N-methyl/N-ethyl adjacent to an activating group) is 1. The van der Waals surface area contributed by atoms with Gasteiger partial charge in [-0.05, 0) is 51.4 Å². The maximum atomic E-state index is 12.8. The van der Waals surface area contributed by atoms with E-state index < -0.39 is 24.3 Å². The number of esters is 2. The third kappa shape index (κ3) is 44.6. The molecule has 1 N–H and O–H groups in total. The molecule has 350 valence electrons. The molecule has 2 atom stereocenters. The number of rotatable bonds is 43. The van der Waals surface area contributed by atoms with Gasteiger partial charge in [0, 0.05) is 12.8 Å². The van der Waals surface area contributed by atoms with E-state index in [1.54, 1.807) is 0 Å². The highest BCUT2D eigenvalue weighted by atomic mass is 16.7. The molecule has 0 bridgehead atoms. The van der Waals surface area contributed by atoms with Gasteiger partial charge >= 0.3 is 17.9 Å². The molecule has 0 aliphatic rings. The normalized spacial score (nSPS) is 13.5. The summed E-state index contributed by atoms with van der Waals surface area (Å²) in [7, 11) is 5.93. The minimum atomic E-state index is -1.53. The van der Waals surface area contributed by atoms with Crippen molar-refractivity contribution in [3.8, 4) is 0 Å². The van der Waals surface area contributed by atoms with Crippen LogP contribution in [0.1, 0.15) is 181 Å². The number of unbranched alkanes of at least 4 members (excludes halogenated alkanes) is 16. The van der Waals surface area contributed by atoms with Crippen LogP contribution >= 0.6 is 0 Å². The number of carbonyl (C=O) groups is 3. The van der Waals surface area contributed by atoms with Crippen LogP contribution in [-0.2, 0) is 33.3 Å². The van der Waals surface area contributed by atoms with E-state index in [1.165, 1.54) is 89.9 Å². The Hall–Kier alpha value is -3.27. The van der Waals surface area contributed by atoms with E-state index >= 15 is 0 Å². The third-order valence-electron chi connectivity index (χ3n) is 9.99. The summed E-state index contributed by atoms with van der Waals surface area (Å²) >= 11 is 0. The predicted molar refractivity (Wildman–Crippen MR) is 253 cm³/mol. The van der Waals surface area contributed by atoms with Crippen LogP contribution in [0.25, 0.3) is 0 Å². The first-order valence-electron chi connectivity index (χ1n) is 24.1. The maximum absolute atomic E-state index is 12.8. The molecule has 9 nitrogen and oxygen atoms in total. The Morgan fingerprint density at radius 1 is 0.508 bits per heavy atom. The van der Waals surface area contributed by atoms with Gasteiger partial charge < -0.3 is 28.5 Å². The molecular weight excluding hydrogens is 767 g/mol. The number of ether oxygens (including phenoxy) is 4. The SMILES string of the molecule is CC/C=C\C/C=C\C/C=C\C/C=C\C/C=C\C/C=C\CCC(=O)OC(COC(=O)CCCCCCCCCCCCCCCCCCC)COC(OCC[N+](C)(C)C)C(=O)O. The fourth-order valence-corrected chi connectivity index (χ4v) is 6.27. The quantitative estimate of drug-likeness (QED) is 0.0212. The van der Waals surface area contributed by atoms with Crippen molar-refractivity contribution in [2.24, 2.45) is 0 Å². The summed E-state index contributed by atoms with van der Waals surface area (Å²) in [5.41, 5.74) is 0. The van der Waals surface area contributed by atoms with E-state index in [0.717, 1.165) is 57.8 Å². The van der Waals surface area contributed by atoms with Crippen molar-refractivity contribution in [3.63, 3.8) is 0 Å². The summed E-state index contributed by atoms with van der Waals surface area (Å²) in [6.45, 7) is 4.67. The van der Waals surface area contributed by atoms with E-state index in [9.17, 15) is 19.5 Å². The number of nitrogens with zero attached hydrogens (tertiary/aromatic N) is 1. The van der Waals surface area contributed by atoms with Crippen LogP contribution in [0.2, 0.25) is 0 Å². The van der Waals surface area contributed by atoms with Crippen LogP contribution in [0, 0.1) is 0 Å². The second kappa shape index (κ2) is 43.4. The average Bonchev–Trinajstić information content (AvgIpc) is 3.22. The van der Waals surface area contributed by atoms with Crippen LogP contribution in [-0.4, -0.2) is 87.4 Å². The molecule has 9 heteroatoms. The predicted octanol–water partition coefficient (Wildman–Crippen LogP) is 13.1. The maximum Gasteiger partial charge on any atom is 0.361 e. The van der Waals surface area contributed by atoms with Crippen molar-refractivity contribution < 1.29 is 42.9 Å². The minimum Gasteiger partial charge on any atom is -0.477 e. The first-order valence-corrected chi connectivity index (χ1v) is 24.1. The molecule has 0 aromatic carbocycles. The second-order valence-corrected chi connectivity index (χ2v) is 17.0. The number of hydrogen-bond acceptors (Lipinski definition) is 7. The van der Waals surface area contributed by atoms with E-state index in [2.05, 4.69) is 74.6 Å². The molecule has 2 unspecified atom stereocenters. The lowest BCUT2D eigenvalue weighted by atomic mass is 10.0. The topological polar surface area (TPSA) is 108 Å². The van der Waals surface area contributed by atoms with E-state index in [-0.39, 0.29) is 38.6 Å². The van der Waals surface area contributed by atoms with E-state index in [1.807, 2.05) is 33.3 Å². The van der Waals surface area contributed by atoms with Gasteiger partial charge in [0.15, 0.2) is 6.10 Å². The molecule has 0 amide bonds. The molecular formula is C52H90NO8+. The molecule has 0 aliphatic carbocycles. The lowest BCUT2D eigenvalue weighted by Crippen LogP contribution is -2.40. The lowest BCUT2D eigenvalue weighted by Gasteiger charge is -2.25. The fourth-order valence-electron chi connectivity index (χ4n) is 6.27. The Kier molecular flexibility index (Phi) is 41.1. The van der Waals surface area contributed by atoms with Crippen LogP contribution in [0.3, 0.4) is 0 Å². The minimum absolute atomic E-state index is 0.133. The highest BCUT2D eigenvalue weighted by Gasteiger charge is 2.25. The van der Waals surface area contributed by atoms with Crippen molar-refractivity contribution in [1.82, 2.24) is 0 Å². The molecule has 0 aliphatic heterocycles. The summed E-state index contributed by atoms with van der Waals surface area (Å²) in [5, 5.41) is 9.65. The van der Waals surface area contributed by atoms with Gasteiger partial charge in [-0.25, -0.2) is 4.79 Å². The molecule has 0 aromatic heterocycles. The van der Waals surface area contributed by atoms with Crippen molar-refractivity contribution in [3.05, 3.63) is 72.9 Å². The van der Waals surface area contributed by atoms with Crippen molar-refractivity contribution in [2.75, 3.05) is 47.5 Å². The first-order chi connectivity index (χ1) is 29.6. The number of carboxylic acids is 1. The monoisotopic (exact) mass is 857 g/mol. The summed E-state index contributed by atoms with van der Waals surface area (Å²) in [6.07, 6.45) is 51.2. The molecule has 0 spiro atoms. The summed E-state index contributed by atoms with van der Waals surface area (Å²) in [5.74, 6) is -2.12. The van der Waals surface area contributed by atoms with Crippen molar-refractivity contribution >= 4 is 17.9 Å². The number of allylic oxidation sites excluding steroid dienone is 12. The van der Waals surface area contributed by atoms with Crippen LogP contribution in [0.15, 0.2) is 72.9 Å². The van der Waals surface area contributed by atoms with Gasteiger partial charge in [0.2, 0.25) is 0 Å². The zero-order valence-electron chi connectivity index (χ0n) is 39.5. The van der Waals surface area contributed by atoms with Gasteiger partial charge in [-0.2, -0.15) is 0 Å². The van der Waals surface area contributed by atoms with Gasteiger partial charge in [-0.15, -0.1) is 0 Å². The number of aliphatic carboxylic acids is 1. The van der Waals surface area contributed by atoms with Crippen molar-refractivity contribution in [2.45, 2.75) is 193 Å². The highest BCUT2D eigenvalue weighted by Crippen LogP contribution is 2.15. The Labute approximate surface area is 373 Å². The first kappa shape index (κ1) is 57.7. The summed E-state index contributed by atoms with van der Waals surface area (Å²) in [4.78, 5) is 37.2. The number of carbonyl (C=O) groups excluding carboxylic acids is 2. The molecule has 0 aromatic rings.